The predicted octanol–water partition coefficient (Wildman–Crippen LogP) is 1.26. The highest BCUT2D eigenvalue weighted by molar-refractivity contribution is 7.89. The van der Waals surface area contributed by atoms with Gasteiger partial charge in [0.15, 0.2) is 11.5 Å². The topological polar surface area (TPSA) is 111 Å². The number of benzene rings is 2. The highest BCUT2D eigenvalue weighted by Gasteiger charge is 2.19. The third kappa shape index (κ3) is 4.38. The van der Waals surface area contributed by atoms with Gasteiger partial charge in [-0.1, -0.05) is 6.07 Å². The zero-order valence-corrected chi connectivity index (χ0v) is 15.4. The van der Waals surface area contributed by atoms with Gasteiger partial charge in [-0.2, -0.15) is 0 Å². The van der Waals surface area contributed by atoms with Gasteiger partial charge in [0.25, 0.3) is 0 Å². The lowest BCUT2D eigenvalue weighted by atomic mass is 10.1. The molecular weight excluding hydrogens is 374 g/mol. The van der Waals surface area contributed by atoms with E-state index in [4.69, 9.17) is 9.47 Å². The number of aliphatic hydroxyl groups excluding tert-OH is 1. The van der Waals surface area contributed by atoms with Crippen molar-refractivity contribution in [3.8, 4) is 11.5 Å². The molecule has 1 heterocycles. The molecule has 0 unspecified atom stereocenters. The van der Waals surface area contributed by atoms with Gasteiger partial charge < -0.3 is 19.3 Å². The summed E-state index contributed by atoms with van der Waals surface area (Å²) in [4.78, 5) is 11.4. The summed E-state index contributed by atoms with van der Waals surface area (Å²) in [5, 5.41) is 10.3. The van der Waals surface area contributed by atoms with Crippen molar-refractivity contribution in [1.29, 1.82) is 0 Å². The van der Waals surface area contributed by atoms with Crippen molar-refractivity contribution in [3.63, 3.8) is 0 Å². The molecule has 0 fully saturated rings. The summed E-state index contributed by atoms with van der Waals surface area (Å²) < 4.78 is 42.5. The number of aliphatic hydroxyl groups is 1. The Balaban J connectivity index is 1.67. The van der Waals surface area contributed by atoms with Gasteiger partial charge in [-0.25, -0.2) is 17.9 Å². The number of ether oxygens (including phenoxy) is 3. The second-order valence-electron chi connectivity index (χ2n) is 5.79. The van der Waals surface area contributed by atoms with Crippen molar-refractivity contribution in [3.05, 3.63) is 53.6 Å². The summed E-state index contributed by atoms with van der Waals surface area (Å²) in [7, 11) is -2.60. The lowest BCUT2D eigenvalue weighted by molar-refractivity contribution is 0.0600. The third-order valence-corrected chi connectivity index (χ3v) is 5.44. The Labute approximate surface area is 156 Å². The van der Waals surface area contributed by atoms with Gasteiger partial charge >= 0.3 is 5.97 Å². The smallest absolute Gasteiger partial charge is 0.337 e. The fraction of sp³-hybridized carbons (Fsp3) is 0.278. The Morgan fingerprint density at radius 2 is 1.81 bits per heavy atom. The van der Waals surface area contributed by atoms with Gasteiger partial charge in [-0.15, -0.1) is 0 Å². The number of fused-ring (bicyclic) bond motifs is 1. The highest BCUT2D eigenvalue weighted by atomic mass is 32.2. The molecule has 8 nitrogen and oxygen atoms in total. The average Bonchev–Trinajstić information content (AvgIpc) is 2.71. The molecule has 1 atom stereocenters. The molecule has 2 aromatic rings. The minimum Gasteiger partial charge on any atom is -0.486 e. The van der Waals surface area contributed by atoms with E-state index < -0.39 is 22.1 Å². The second-order valence-corrected chi connectivity index (χ2v) is 7.55. The number of carbonyl (C=O) groups is 1. The first-order valence-corrected chi connectivity index (χ1v) is 9.64. The van der Waals surface area contributed by atoms with Crippen LogP contribution in [0.15, 0.2) is 47.4 Å². The van der Waals surface area contributed by atoms with Crippen LogP contribution in [0.2, 0.25) is 0 Å². The van der Waals surface area contributed by atoms with E-state index in [-0.39, 0.29) is 17.0 Å². The molecule has 2 N–H and O–H groups in total. The van der Waals surface area contributed by atoms with Crippen LogP contribution in [0.1, 0.15) is 22.0 Å². The fourth-order valence-corrected chi connectivity index (χ4v) is 3.58. The maximum Gasteiger partial charge on any atom is 0.337 e. The Morgan fingerprint density at radius 1 is 1.15 bits per heavy atom. The zero-order chi connectivity index (χ0) is 19.4. The van der Waals surface area contributed by atoms with Crippen molar-refractivity contribution in [2.24, 2.45) is 0 Å². The van der Waals surface area contributed by atoms with Crippen molar-refractivity contribution in [2.75, 3.05) is 26.9 Å². The van der Waals surface area contributed by atoms with Crippen molar-refractivity contribution in [2.45, 2.75) is 11.0 Å². The Kier molecular flexibility index (Phi) is 5.64. The van der Waals surface area contributed by atoms with E-state index in [9.17, 15) is 18.3 Å². The molecule has 3 rings (SSSR count). The summed E-state index contributed by atoms with van der Waals surface area (Å²) in [6.07, 6.45) is -1.06. The van der Waals surface area contributed by atoms with Crippen molar-refractivity contribution >= 4 is 16.0 Å². The predicted molar refractivity (Wildman–Crippen MR) is 95.4 cm³/mol. The number of sulfonamides is 1. The lowest BCUT2D eigenvalue weighted by Gasteiger charge is -2.20. The molecule has 144 valence electrons. The minimum absolute atomic E-state index is 0.0236. The number of nitrogens with one attached hydrogen (secondary N) is 1. The van der Waals surface area contributed by atoms with Crippen LogP contribution in [0.3, 0.4) is 0 Å². The fourth-order valence-electron chi connectivity index (χ4n) is 2.55. The Hall–Kier alpha value is -2.62. The molecule has 0 spiro atoms. The average molecular weight is 393 g/mol. The van der Waals surface area contributed by atoms with E-state index >= 15 is 0 Å². The Bertz CT molecular complexity index is 925. The molecule has 1 aliphatic heterocycles. The maximum atomic E-state index is 12.4. The molecule has 0 saturated heterocycles. The molecule has 0 aliphatic carbocycles. The minimum atomic E-state index is -3.85. The number of esters is 1. The molecular formula is C18H19NO7S. The number of rotatable bonds is 6. The molecule has 0 aromatic heterocycles. The lowest BCUT2D eigenvalue weighted by Crippen LogP contribution is -2.28. The molecule has 0 radical (unpaired) electrons. The van der Waals surface area contributed by atoms with Crippen LogP contribution in [-0.4, -0.2) is 46.4 Å². The summed E-state index contributed by atoms with van der Waals surface area (Å²) in [5.74, 6) is 0.545. The standard InChI is InChI=1S/C18H19NO7S/c1-24-18(21)12-2-5-14(6-3-12)27(22,23)19-11-15(20)13-4-7-16-17(10-13)26-9-8-25-16/h2-7,10,15,19-20H,8-9,11H2,1H3/t15-/m0/s1. The van der Waals surface area contributed by atoms with Crippen molar-refractivity contribution < 1.29 is 32.5 Å². The maximum absolute atomic E-state index is 12.4. The normalized spacial score (nSPS) is 14.4. The first-order valence-electron chi connectivity index (χ1n) is 8.16. The second kappa shape index (κ2) is 7.95. The molecule has 27 heavy (non-hydrogen) atoms. The first kappa shape index (κ1) is 19.2. The Morgan fingerprint density at radius 3 is 2.48 bits per heavy atom. The molecule has 0 bridgehead atoms. The van der Waals surface area contributed by atoms with Crippen LogP contribution in [0, 0.1) is 0 Å². The van der Waals surface area contributed by atoms with Gasteiger partial charge in [0.2, 0.25) is 10.0 Å². The van der Waals surface area contributed by atoms with E-state index in [1.54, 1.807) is 18.2 Å². The van der Waals surface area contributed by atoms with Crippen LogP contribution in [0.5, 0.6) is 11.5 Å². The van der Waals surface area contributed by atoms with E-state index in [0.29, 0.717) is 30.3 Å². The molecule has 9 heteroatoms. The van der Waals surface area contributed by atoms with E-state index in [1.165, 1.54) is 31.4 Å². The molecule has 1 aliphatic rings. The summed E-state index contributed by atoms with van der Waals surface area (Å²) >= 11 is 0. The van der Waals surface area contributed by atoms with E-state index in [2.05, 4.69) is 9.46 Å². The monoisotopic (exact) mass is 393 g/mol. The SMILES string of the molecule is COC(=O)c1ccc(S(=O)(=O)NC[C@H](O)c2ccc3c(c2)OCCO3)cc1. The quantitative estimate of drug-likeness (QED) is 0.711. The number of hydrogen-bond acceptors (Lipinski definition) is 7. The van der Waals surface area contributed by atoms with Crippen LogP contribution < -0.4 is 14.2 Å². The summed E-state index contributed by atoms with van der Waals surface area (Å²) in [6, 6.07) is 10.3. The van der Waals surface area contributed by atoms with Gasteiger partial charge in [0.1, 0.15) is 13.2 Å². The highest BCUT2D eigenvalue weighted by Crippen LogP contribution is 2.32. The van der Waals surface area contributed by atoms with Gasteiger partial charge in [0, 0.05) is 6.54 Å². The number of carbonyl (C=O) groups excluding carboxylic acids is 1. The zero-order valence-electron chi connectivity index (χ0n) is 14.5. The summed E-state index contributed by atoms with van der Waals surface area (Å²) in [6.45, 7) is 0.658. The van der Waals surface area contributed by atoms with Gasteiger partial charge in [-0.05, 0) is 42.0 Å². The third-order valence-electron chi connectivity index (χ3n) is 4.00. The largest absolute Gasteiger partial charge is 0.486 e. The van der Waals surface area contributed by atoms with Crippen LogP contribution in [0.4, 0.5) is 0 Å². The van der Waals surface area contributed by atoms with Crippen molar-refractivity contribution in [1.82, 2.24) is 4.72 Å². The summed E-state index contributed by atoms with van der Waals surface area (Å²) in [5.41, 5.74) is 0.746. The van der Waals surface area contributed by atoms with Gasteiger partial charge in [-0.3, -0.25) is 0 Å². The molecule has 0 saturated carbocycles. The van der Waals surface area contributed by atoms with Crippen LogP contribution in [-0.2, 0) is 14.8 Å². The first-order chi connectivity index (χ1) is 12.9. The van der Waals surface area contributed by atoms with E-state index in [0.717, 1.165) is 0 Å². The van der Waals surface area contributed by atoms with Gasteiger partial charge in [0.05, 0.1) is 23.7 Å². The number of hydrogen-bond donors (Lipinski definition) is 2. The molecule has 2 aromatic carbocycles. The number of methoxy groups -OCH3 is 1. The van der Waals surface area contributed by atoms with E-state index in [1.807, 2.05) is 0 Å². The van der Waals surface area contributed by atoms with Crippen LogP contribution >= 0.6 is 0 Å². The van der Waals surface area contributed by atoms with Crippen LogP contribution in [0.25, 0.3) is 0 Å². The molecule has 0 amide bonds.